The number of imidazole rings is 1. The summed E-state index contributed by atoms with van der Waals surface area (Å²) in [5.41, 5.74) is 0.0954. The van der Waals surface area contributed by atoms with Crippen LogP contribution in [0.15, 0.2) is 30.7 Å². The van der Waals surface area contributed by atoms with E-state index in [1.807, 2.05) is 11.5 Å². The topological polar surface area (TPSA) is 39.1 Å². The molecule has 114 valence electrons. The summed E-state index contributed by atoms with van der Waals surface area (Å²) in [6.45, 7) is 2.93. The Labute approximate surface area is 120 Å². The summed E-state index contributed by atoms with van der Waals surface area (Å²) < 4.78 is 45.9. The lowest BCUT2D eigenvalue weighted by Crippen LogP contribution is -2.12. The molecule has 0 aliphatic carbocycles. The average molecular weight is 299 g/mol. The Morgan fingerprint density at radius 1 is 1.33 bits per heavy atom. The summed E-state index contributed by atoms with van der Waals surface area (Å²) in [5.74, 6) is 0.173. The number of hydrogen-bond donors (Lipinski definition) is 1. The minimum absolute atomic E-state index is 0.0205. The molecule has 2 rings (SSSR count). The number of nitrogens with zero attached hydrogens (tertiary/aromatic N) is 2. The number of aromatic nitrogens is 2. The van der Waals surface area contributed by atoms with Crippen LogP contribution >= 0.6 is 0 Å². The molecule has 1 N–H and O–H groups in total. The van der Waals surface area contributed by atoms with E-state index in [4.69, 9.17) is 4.74 Å². The highest BCUT2D eigenvalue weighted by atomic mass is 19.4. The Bertz CT molecular complexity index is 608. The second kappa shape index (κ2) is 6.07. The first-order valence-electron chi connectivity index (χ1n) is 6.43. The molecule has 4 nitrogen and oxygen atoms in total. The average Bonchev–Trinajstić information content (AvgIpc) is 2.91. The Kier molecular flexibility index (Phi) is 4.40. The lowest BCUT2D eigenvalue weighted by molar-refractivity contribution is -0.137. The smallest absolute Gasteiger partial charge is 0.418 e. The van der Waals surface area contributed by atoms with E-state index in [0.717, 1.165) is 11.8 Å². The second-order valence-corrected chi connectivity index (χ2v) is 4.43. The lowest BCUT2D eigenvalue weighted by Gasteiger charge is -2.16. The van der Waals surface area contributed by atoms with Gasteiger partial charge in [0.25, 0.3) is 0 Å². The zero-order valence-electron chi connectivity index (χ0n) is 11.7. The quantitative estimate of drug-likeness (QED) is 0.918. The van der Waals surface area contributed by atoms with E-state index >= 15 is 0 Å². The highest BCUT2D eigenvalue weighted by Crippen LogP contribution is 2.37. The maximum Gasteiger partial charge on any atom is 0.418 e. The minimum atomic E-state index is -4.44. The van der Waals surface area contributed by atoms with Crippen molar-refractivity contribution in [2.24, 2.45) is 0 Å². The van der Waals surface area contributed by atoms with E-state index in [0.29, 0.717) is 6.54 Å². The number of hydrogen-bond acceptors (Lipinski definition) is 3. The van der Waals surface area contributed by atoms with E-state index in [-0.39, 0.29) is 18.0 Å². The molecule has 0 spiro atoms. The number of rotatable bonds is 5. The van der Waals surface area contributed by atoms with Crippen molar-refractivity contribution in [3.05, 3.63) is 42.0 Å². The van der Waals surface area contributed by atoms with Crippen LogP contribution in [0.4, 0.5) is 18.9 Å². The fourth-order valence-electron chi connectivity index (χ4n) is 2.00. The molecule has 7 heteroatoms. The molecule has 0 aliphatic rings. The van der Waals surface area contributed by atoms with Crippen LogP contribution in [0.1, 0.15) is 18.2 Å². The number of anilines is 1. The van der Waals surface area contributed by atoms with E-state index in [2.05, 4.69) is 10.3 Å². The van der Waals surface area contributed by atoms with Crippen LogP contribution < -0.4 is 10.1 Å². The highest BCUT2D eigenvalue weighted by molar-refractivity contribution is 5.55. The number of ether oxygens (including phenoxy) is 1. The first-order valence-corrected chi connectivity index (χ1v) is 6.43. The summed E-state index contributed by atoms with van der Waals surface area (Å²) in [4.78, 5) is 3.98. The number of benzene rings is 1. The molecule has 0 atom stereocenters. The van der Waals surface area contributed by atoms with Crippen LogP contribution in [-0.4, -0.2) is 16.7 Å². The van der Waals surface area contributed by atoms with Crippen molar-refractivity contribution in [1.29, 1.82) is 0 Å². The third-order valence-corrected chi connectivity index (χ3v) is 3.13. The van der Waals surface area contributed by atoms with Gasteiger partial charge >= 0.3 is 6.18 Å². The number of alkyl halides is 3. The van der Waals surface area contributed by atoms with Crippen molar-refractivity contribution < 1.29 is 17.9 Å². The van der Waals surface area contributed by atoms with Gasteiger partial charge in [-0.05, 0) is 25.1 Å². The van der Waals surface area contributed by atoms with Crippen molar-refractivity contribution in [1.82, 2.24) is 9.55 Å². The van der Waals surface area contributed by atoms with Crippen LogP contribution in [0.5, 0.6) is 5.75 Å². The van der Waals surface area contributed by atoms with Crippen LogP contribution in [0, 0.1) is 0 Å². The van der Waals surface area contributed by atoms with Gasteiger partial charge in [-0.15, -0.1) is 0 Å². The zero-order valence-corrected chi connectivity index (χ0v) is 11.7. The number of methoxy groups -OCH3 is 1. The van der Waals surface area contributed by atoms with Crippen molar-refractivity contribution in [2.75, 3.05) is 12.4 Å². The molecule has 0 amide bonds. The van der Waals surface area contributed by atoms with Gasteiger partial charge in [0.15, 0.2) is 0 Å². The largest absolute Gasteiger partial charge is 0.497 e. The van der Waals surface area contributed by atoms with Gasteiger partial charge in [0.05, 0.1) is 31.2 Å². The second-order valence-electron chi connectivity index (χ2n) is 4.43. The van der Waals surface area contributed by atoms with Gasteiger partial charge in [-0.1, -0.05) is 0 Å². The molecule has 1 aromatic heterocycles. The SMILES string of the molecule is CCn1cncc1CNc1ccc(OC)cc1C(F)(F)F. The Morgan fingerprint density at radius 2 is 2.10 bits per heavy atom. The minimum Gasteiger partial charge on any atom is -0.497 e. The van der Waals surface area contributed by atoms with Gasteiger partial charge in [-0.25, -0.2) is 4.98 Å². The number of halogens is 3. The standard InChI is InChI=1S/C14H16F3N3O/c1-3-20-9-18-7-10(20)8-19-13-5-4-11(21-2)6-12(13)14(15,16)17/h4-7,9,19H,3,8H2,1-2H3. The summed E-state index contributed by atoms with van der Waals surface area (Å²) in [6, 6.07) is 3.85. The van der Waals surface area contributed by atoms with E-state index < -0.39 is 11.7 Å². The maximum absolute atomic E-state index is 13.1. The fraction of sp³-hybridized carbons (Fsp3) is 0.357. The van der Waals surface area contributed by atoms with Crippen molar-refractivity contribution in [2.45, 2.75) is 26.2 Å². The molecule has 0 unspecified atom stereocenters. The summed E-state index contributed by atoms with van der Waals surface area (Å²) in [7, 11) is 1.34. The van der Waals surface area contributed by atoms with Gasteiger partial charge in [0, 0.05) is 18.4 Å². The van der Waals surface area contributed by atoms with Crippen molar-refractivity contribution in [3.8, 4) is 5.75 Å². The maximum atomic E-state index is 13.1. The van der Waals surface area contributed by atoms with Crippen LogP contribution in [0.25, 0.3) is 0 Å². The Morgan fingerprint density at radius 3 is 2.71 bits per heavy atom. The number of aryl methyl sites for hydroxylation is 1. The summed E-state index contributed by atoms with van der Waals surface area (Å²) in [5, 5.41) is 2.81. The first kappa shape index (κ1) is 15.2. The van der Waals surface area contributed by atoms with Gasteiger partial charge in [0.1, 0.15) is 5.75 Å². The van der Waals surface area contributed by atoms with Gasteiger partial charge < -0.3 is 14.6 Å². The van der Waals surface area contributed by atoms with E-state index in [1.54, 1.807) is 12.5 Å². The van der Waals surface area contributed by atoms with Crippen molar-refractivity contribution >= 4 is 5.69 Å². The third-order valence-electron chi connectivity index (χ3n) is 3.13. The summed E-state index contributed by atoms with van der Waals surface area (Å²) in [6.07, 6.45) is -1.16. The summed E-state index contributed by atoms with van der Waals surface area (Å²) >= 11 is 0. The monoisotopic (exact) mass is 299 g/mol. The van der Waals surface area contributed by atoms with Gasteiger partial charge in [0.2, 0.25) is 0 Å². The molecule has 0 saturated carbocycles. The Balaban J connectivity index is 2.23. The van der Waals surface area contributed by atoms with E-state index in [9.17, 15) is 13.2 Å². The zero-order chi connectivity index (χ0) is 15.5. The van der Waals surface area contributed by atoms with Crippen LogP contribution in [0.3, 0.4) is 0 Å². The van der Waals surface area contributed by atoms with Gasteiger partial charge in [-0.3, -0.25) is 0 Å². The molecular weight excluding hydrogens is 283 g/mol. The van der Waals surface area contributed by atoms with Crippen molar-refractivity contribution in [3.63, 3.8) is 0 Å². The molecule has 2 aromatic rings. The Hall–Kier alpha value is -2.18. The molecule has 21 heavy (non-hydrogen) atoms. The van der Waals surface area contributed by atoms with Gasteiger partial charge in [-0.2, -0.15) is 13.2 Å². The molecule has 1 heterocycles. The molecule has 0 aliphatic heterocycles. The predicted octanol–water partition coefficient (Wildman–Crippen LogP) is 3.54. The third kappa shape index (κ3) is 3.48. The molecule has 0 saturated heterocycles. The molecular formula is C14H16F3N3O. The molecule has 0 radical (unpaired) electrons. The number of nitrogens with one attached hydrogen (secondary N) is 1. The van der Waals surface area contributed by atoms with Crippen LogP contribution in [0.2, 0.25) is 0 Å². The van der Waals surface area contributed by atoms with E-state index in [1.165, 1.54) is 19.2 Å². The predicted molar refractivity (Wildman–Crippen MR) is 73.2 cm³/mol. The normalized spacial score (nSPS) is 11.5. The fourth-order valence-corrected chi connectivity index (χ4v) is 2.00. The highest BCUT2D eigenvalue weighted by Gasteiger charge is 2.34. The lowest BCUT2D eigenvalue weighted by atomic mass is 10.1. The first-order chi connectivity index (χ1) is 9.95. The molecule has 0 bridgehead atoms. The molecule has 1 aromatic carbocycles. The van der Waals surface area contributed by atoms with Crippen LogP contribution in [-0.2, 0) is 19.3 Å². The molecule has 0 fully saturated rings.